The van der Waals surface area contributed by atoms with Crippen molar-refractivity contribution >= 4 is 33.2 Å². The van der Waals surface area contributed by atoms with Gasteiger partial charge >= 0.3 is 0 Å². The number of hydrogen-bond donors (Lipinski definition) is 2. The van der Waals surface area contributed by atoms with Crippen LogP contribution in [0.15, 0.2) is 60.7 Å². The van der Waals surface area contributed by atoms with E-state index in [4.69, 9.17) is 0 Å². The van der Waals surface area contributed by atoms with Crippen molar-refractivity contribution in [3.8, 4) is 0 Å². The summed E-state index contributed by atoms with van der Waals surface area (Å²) >= 11 is 1.47. The highest BCUT2D eigenvalue weighted by Gasteiger charge is 2.36. The highest BCUT2D eigenvalue weighted by molar-refractivity contribution is 7.20. The monoisotopic (exact) mass is 464 g/mol. The lowest BCUT2D eigenvalue weighted by molar-refractivity contribution is -0.950. The molecular formula is C27H34N3O2S+. The van der Waals surface area contributed by atoms with Gasteiger partial charge in [-0.2, -0.15) is 0 Å². The average molecular weight is 465 g/mol. The molecule has 5 nitrogen and oxygen atoms in total. The lowest BCUT2D eigenvalue weighted by atomic mass is 10.0. The maximum absolute atomic E-state index is 13.5. The molecule has 6 heteroatoms. The molecule has 4 rings (SSSR count). The van der Waals surface area contributed by atoms with Crippen LogP contribution in [0, 0.1) is 5.92 Å². The topological polar surface area (TPSA) is 58.2 Å². The lowest BCUT2D eigenvalue weighted by Crippen LogP contribution is -2.63. The summed E-state index contributed by atoms with van der Waals surface area (Å²) in [7, 11) is 0. The molecule has 2 aromatic carbocycles. The highest BCUT2D eigenvalue weighted by atomic mass is 32.1. The smallest absolute Gasteiger partial charge is 0.287 e. The molecule has 0 spiro atoms. The molecule has 2 amide bonds. The molecule has 1 fully saturated rings. The van der Waals surface area contributed by atoms with E-state index in [0.29, 0.717) is 21.8 Å². The number of carbonyl (C=O) groups excluding carboxylic acids is 2. The molecule has 0 unspecified atom stereocenters. The summed E-state index contributed by atoms with van der Waals surface area (Å²) < 4.78 is 1.68. The van der Waals surface area contributed by atoms with E-state index in [9.17, 15) is 9.59 Å². The number of nitrogens with zero attached hydrogens (tertiary/aromatic N) is 1. The van der Waals surface area contributed by atoms with E-state index in [1.54, 1.807) is 0 Å². The summed E-state index contributed by atoms with van der Waals surface area (Å²) in [5, 5.41) is 4.10. The fraction of sp³-hybridized carbons (Fsp3) is 0.407. The average Bonchev–Trinajstić information content (AvgIpc) is 3.45. The Morgan fingerprint density at radius 3 is 2.39 bits per heavy atom. The molecule has 33 heavy (non-hydrogen) atoms. The Morgan fingerprint density at radius 1 is 1.00 bits per heavy atom. The van der Waals surface area contributed by atoms with Gasteiger partial charge in [0, 0.05) is 24.0 Å². The molecule has 0 radical (unpaired) electrons. The molecule has 2 heterocycles. The Balaban J connectivity index is 1.46. The summed E-state index contributed by atoms with van der Waals surface area (Å²) in [5.74, 6) is 0.0437. The van der Waals surface area contributed by atoms with Crippen molar-refractivity contribution in [1.29, 1.82) is 0 Å². The van der Waals surface area contributed by atoms with Crippen LogP contribution in [0.25, 0.3) is 10.1 Å². The van der Waals surface area contributed by atoms with Gasteiger partial charge in [-0.25, -0.2) is 10.0 Å². The SMILES string of the molecule is CC(C)C[C@H](NC(=O)c1cc2ccccc2s1)C(=O)N[N+]1(CCc2ccccc2)CCCC1. The van der Waals surface area contributed by atoms with Crippen LogP contribution >= 0.6 is 11.3 Å². The third kappa shape index (κ3) is 6.01. The second-order valence-corrected chi connectivity index (χ2v) is 10.6. The number of nitrogens with one attached hydrogen (secondary N) is 2. The Kier molecular flexibility index (Phi) is 7.46. The van der Waals surface area contributed by atoms with Crippen LogP contribution in [-0.2, 0) is 11.2 Å². The Morgan fingerprint density at radius 2 is 1.70 bits per heavy atom. The molecule has 2 N–H and O–H groups in total. The van der Waals surface area contributed by atoms with E-state index in [-0.39, 0.29) is 11.8 Å². The van der Waals surface area contributed by atoms with Gasteiger partial charge in [0.15, 0.2) is 0 Å². The molecule has 3 aromatic rings. The third-order valence-corrected chi connectivity index (χ3v) is 7.53. The lowest BCUT2D eigenvalue weighted by Gasteiger charge is -2.35. The first-order valence-corrected chi connectivity index (χ1v) is 12.8. The minimum absolute atomic E-state index is 0.0758. The number of fused-ring (bicyclic) bond motifs is 1. The number of thiophene rings is 1. The Labute approximate surface area is 200 Å². The van der Waals surface area contributed by atoms with Gasteiger partial charge in [-0.1, -0.05) is 62.4 Å². The van der Waals surface area contributed by atoms with Crippen LogP contribution in [0.4, 0.5) is 0 Å². The number of hydrogen-bond acceptors (Lipinski definition) is 3. The molecule has 1 atom stereocenters. The summed E-state index contributed by atoms with van der Waals surface area (Å²) in [6.45, 7) is 6.92. The largest absolute Gasteiger partial charge is 0.339 e. The van der Waals surface area contributed by atoms with Gasteiger partial charge in [-0.3, -0.25) is 9.59 Å². The summed E-state index contributed by atoms with van der Waals surface area (Å²) in [6, 6.07) is 19.8. The van der Waals surface area contributed by atoms with Crippen LogP contribution in [0.3, 0.4) is 0 Å². The van der Waals surface area contributed by atoms with Gasteiger partial charge in [-0.05, 0) is 35.4 Å². The van der Waals surface area contributed by atoms with Crippen LogP contribution in [0.2, 0.25) is 0 Å². The van der Waals surface area contributed by atoms with E-state index in [1.807, 2.05) is 36.4 Å². The number of carbonyl (C=O) groups is 2. The zero-order valence-electron chi connectivity index (χ0n) is 19.5. The highest BCUT2D eigenvalue weighted by Crippen LogP contribution is 2.25. The van der Waals surface area contributed by atoms with Crippen molar-refractivity contribution in [3.63, 3.8) is 0 Å². The molecule has 1 aliphatic heterocycles. The first-order chi connectivity index (χ1) is 15.9. The van der Waals surface area contributed by atoms with E-state index in [2.05, 4.69) is 48.9 Å². The number of rotatable bonds is 9. The molecule has 1 aliphatic rings. The number of amides is 2. The van der Waals surface area contributed by atoms with Crippen LogP contribution < -0.4 is 10.7 Å². The van der Waals surface area contributed by atoms with Gasteiger partial charge < -0.3 is 5.32 Å². The van der Waals surface area contributed by atoms with Gasteiger partial charge in [0.2, 0.25) is 0 Å². The van der Waals surface area contributed by atoms with Crippen molar-refractivity contribution in [3.05, 3.63) is 71.1 Å². The van der Waals surface area contributed by atoms with Crippen molar-refractivity contribution < 1.29 is 14.2 Å². The van der Waals surface area contributed by atoms with E-state index < -0.39 is 6.04 Å². The van der Waals surface area contributed by atoms with E-state index >= 15 is 0 Å². The molecule has 1 saturated heterocycles. The van der Waals surface area contributed by atoms with Crippen LogP contribution in [0.5, 0.6) is 0 Å². The number of quaternary nitrogens is 1. The third-order valence-electron chi connectivity index (χ3n) is 6.42. The van der Waals surface area contributed by atoms with Crippen molar-refractivity contribution in [2.45, 2.75) is 45.6 Å². The van der Waals surface area contributed by atoms with Gasteiger partial charge in [0.05, 0.1) is 4.88 Å². The number of likely N-dealkylation sites (tertiary alicyclic amines) is 1. The quantitative estimate of drug-likeness (QED) is 0.441. The molecular weight excluding hydrogens is 430 g/mol. The van der Waals surface area contributed by atoms with E-state index in [0.717, 1.165) is 49.0 Å². The maximum Gasteiger partial charge on any atom is 0.287 e. The summed E-state index contributed by atoms with van der Waals surface area (Å²) in [6.07, 6.45) is 3.75. The molecule has 174 valence electrons. The molecule has 0 saturated carbocycles. The molecule has 0 bridgehead atoms. The molecule has 0 aliphatic carbocycles. The van der Waals surface area contributed by atoms with Crippen molar-refractivity contribution in [1.82, 2.24) is 10.7 Å². The van der Waals surface area contributed by atoms with Crippen LogP contribution in [-0.4, -0.2) is 42.1 Å². The molecule has 1 aromatic heterocycles. The summed E-state index contributed by atoms with van der Waals surface area (Å²) in [5.41, 5.74) is 4.62. The van der Waals surface area contributed by atoms with Gasteiger partial charge in [0.1, 0.15) is 25.7 Å². The Hall–Kier alpha value is -2.70. The van der Waals surface area contributed by atoms with E-state index in [1.165, 1.54) is 16.9 Å². The standard InChI is InChI=1S/C27H33N3O2S/c1-20(2)18-23(28-27(32)25-19-22-12-6-7-13-24(22)33-25)26(31)29-30(15-8-9-16-30)17-14-21-10-4-3-5-11-21/h3-7,10-13,19-20,23H,8-9,14-18H2,1-2H3,(H-,28,29,31,32)/p+1/t23-/m0/s1. The minimum Gasteiger partial charge on any atom is -0.339 e. The predicted molar refractivity (Wildman–Crippen MR) is 135 cm³/mol. The Bertz CT molecular complexity index is 1050. The first-order valence-electron chi connectivity index (χ1n) is 12.0. The second-order valence-electron chi connectivity index (χ2n) is 9.54. The normalized spacial score (nSPS) is 16.1. The van der Waals surface area contributed by atoms with Gasteiger partial charge in [0.25, 0.3) is 11.8 Å². The van der Waals surface area contributed by atoms with Crippen LogP contribution in [0.1, 0.15) is 48.3 Å². The fourth-order valence-corrected chi connectivity index (χ4v) is 5.62. The fourth-order valence-electron chi connectivity index (χ4n) is 4.66. The second kappa shape index (κ2) is 10.5. The zero-order chi connectivity index (χ0) is 23.3. The minimum atomic E-state index is -0.546. The zero-order valence-corrected chi connectivity index (χ0v) is 20.4. The maximum atomic E-state index is 13.5. The van der Waals surface area contributed by atoms with Crippen molar-refractivity contribution in [2.24, 2.45) is 5.92 Å². The van der Waals surface area contributed by atoms with Gasteiger partial charge in [-0.15, -0.1) is 11.3 Å². The number of benzene rings is 2. The summed E-state index contributed by atoms with van der Waals surface area (Å²) in [4.78, 5) is 27.2. The van der Waals surface area contributed by atoms with Crippen molar-refractivity contribution in [2.75, 3.05) is 19.6 Å². The predicted octanol–water partition coefficient (Wildman–Crippen LogP) is 4.93. The first kappa shape index (κ1) is 23.5.